The Morgan fingerprint density at radius 2 is 1.88 bits per heavy atom. The molecule has 1 unspecified atom stereocenters. The average Bonchev–Trinajstić information content (AvgIpc) is 2.55. The molecular formula is C14H24N2S. The van der Waals surface area contributed by atoms with Crippen molar-refractivity contribution in [3.63, 3.8) is 0 Å². The van der Waals surface area contributed by atoms with Crippen molar-refractivity contribution in [1.82, 2.24) is 4.90 Å². The lowest BCUT2D eigenvalue weighted by Crippen LogP contribution is -2.34. The van der Waals surface area contributed by atoms with E-state index in [-0.39, 0.29) is 0 Å². The standard InChI is InChI=1S/C14H24N2S/c1-11-9-13(12(2)17-11)14(10-15)16-7-5-3-4-6-8-16/h9,14H,3-8,10,15H2,1-2H3. The first-order valence-electron chi connectivity index (χ1n) is 6.73. The molecule has 1 saturated heterocycles. The van der Waals surface area contributed by atoms with Crippen LogP contribution in [0, 0.1) is 13.8 Å². The second-order valence-corrected chi connectivity index (χ2v) is 6.53. The van der Waals surface area contributed by atoms with E-state index in [1.54, 1.807) is 0 Å². The van der Waals surface area contributed by atoms with E-state index in [2.05, 4.69) is 24.8 Å². The van der Waals surface area contributed by atoms with Crippen LogP contribution >= 0.6 is 11.3 Å². The van der Waals surface area contributed by atoms with E-state index in [1.165, 1.54) is 54.1 Å². The molecule has 0 saturated carbocycles. The van der Waals surface area contributed by atoms with Crippen LogP contribution in [0.25, 0.3) is 0 Å². The Labute approximate surface area is 109 Å². The van der Waals surface area contributed by atoms with E-state index in [0.717, 1.165) is 6.54 Å². The maximum atomic E-state index is 6.03. The summed E-state index contributed by atoms with van der Waals surface area (Å²) < 4.78 is 0. The molecule has 2 N–H and O–H groups in total. The molecule has 1 fully saturated rings. The molecule has 1 aromatic rings. The van der Waals surface area contributed by atoms with Crippen LogP contribution in [0.15, 0.2) is 6.07 Å². The zero-order chi connectivity index (χ0) is 12.3. The number of nitrogens with two attached hydrogens (primary N) is 1. The first-order valence-corrected chi connectivity index (χ1v) is 7.55. The predicted octanol–water partition coefficient (Wildman–Crippen LogP) is 3.24. The molecule has 0 aliphatic carbocycles. The Bertz CT molecular complexity index is 351. The zero-order valence-electron chi connectivity index (χ0n) is 11.0. The lowest BCUT2D eigenvalue weighted by atomic mass is 10.1. The van der Waals surface area contributed by atoms with Gasteiger partial charge in [0.1, 0.15) is 0 Å². The second-order valence-electron chi connectivity index (χ2n) is 5.07. The highest BCUT2D eigenvalue weighted by Crippen LogP contribution is 2.30. The van der Waals surface area contributed by atoms with Gasteiger partial charge in [0.2, 0.25) is 0 Å². The normalized spacial score (nSPS) is 20.2. The molecule has 0 amide bonds. The number of hydrogen-bond donors (Lipinski definition) is 1. The SMILES string of the molecule is Cc1cc(C(CN)N2CCCCCC2)c(C)s1. The highest BCUT2D eigenvalue weighted by atomic mass is 32.1. The first kappa shape index (κ1) is 13.1. The third-order valence-electron chi connectivity index (χ3n) is 3.74. The van der Waals surface area contributed by atoms with Gasteiger partial charge in [-0.05, 0) is 51.4 Å². The second kappa shape index (κ2) is 5.98. The lowest BCUT2D eigenvalue weighted by molar-refractivity contribution is 0.209. The van der Waals surface area contributed by atoms with E-state index in [9.17, 15) is 0 Å². The molecule has 0 bridgehead atoms. The molecule has 0 aromatic carbocycles. The third kappa shape index (κ3) is 3.09. The highest BCUT2D eigenvalue weighted by Gasteiger charge is 2.22. The van der Waals surface area contributed by atoms with Gasteiger partial charge in [0.15, 0.2) is 0 Å². The van der Waals surface area contributed by atoms with Gasteiger partial charge in [0, 0.05) is 22.3 Å². The number of hydrogen-bond acceptors (Lipinski definition) is 3. The van der Waals surface area contributed by atoms with Crippen LogP contribution in [0.1, 0.15) is 47.0 Å². The summed E-state index contributed by atoms with van der Waals surface area (Å²) in [5, 5.41) is 0. The summed E-state index contributed by atoms with van der Waals surface area (Å²) in [7, 11) is 0. The Kier molecular flexibility index (Phi) is 4.60. The number of nitrogens with zero attached hydrogens (tertiary/aromatic N) is 1. The molecule has 3 heteroatoms. The highest BCUT2D eigenvalue weighted by molar-refractivity contribution is 7.12. The molecule has 1 aromatic heterocycles. The van der Waals surface area contributed by atoms with Gasteiger partial charge >= 0.3 is 0 Å². The number of aryl methyl sites for hydroxylation is 2. The van der Waals surface area contributed by atoms with Crippen LogP contribution < -0.4 is 5.73 Å². The third-order valence-corrected chi connectivity index (χ3v) is 4.72. The van der Waals surface area contributed by atoms with Crippen LogP contribution in [0.5, 0.6) is 0 Å². The molecule has 1 atom stereocenters. The summed E-state index contributed by atoms with van der Waals surface area (Å²) in [6.07, 6.45) is 5.43. The number of likely N-dealkylation sites (tertiary alicyclic amines) is 1. The monoisotopic (exact) mass is 252 g/mol. The number of rotatable bonds is 3. The van der Waals surface area contributed by atoms with Crippen LogP contribution in [0.2, 0.25) is 0 Å². The van der Waals surface area contributed by atoms with Gasteiger partial charge in [0.05, 0.1) is 0 Å². The summed E-state index contributed by atoms with van der Waals surface area (Å²) in [6, 6.07) is 2.78. The quantitative estimate of drug-likeness (QED) is 0.895. The molecule has 2 rings (SSSR count). The molecule has 0 spiro atoms. The summed E-state index contributed by atoms with van der Waals surface area (Å²) in [5.41, 5.74) is 7.50. The van der Waals surface area contributed by atoms with Crippen molar-refractivity contribution in [2.24, 2.45) is 5.73 Å². The average molecular weight is 252 g/mol. The van der Waals surface area contributed by atoms with Crippen molar-refractivity contribution in [3.8, 4) is 0 Å². The molecule has 2 nitrogen and oxygen atoms in total. The Morgan fingerprint density at radius 3 is 2.35 bits per heavy atom. The van der Waals surface area contributed by atoms with Crippen LogP contribution in [0.3, 0.4) is 0 Å². The summed E-state index contributed by atoms with van der Waals surface area (Å²) in [6.45, 7) is 7.61. The fraction of sp³-hybridized carbons (Fsp3) is 0.714. The summed E-state index contributed by atoms with van der Waals surface area (Å²) in [5.74, 6) is 0. The molecule has 1 aliphatic rings. The minimum atomic E-state index is 0.443. The Morgan fingerprint density at radius 1 is 1.24 bits per heavy atom. The van der Waals surface area contributed by atoms with Crippen molar-refractivity contribution in [3.05, 3.63) is 21.4 Å². The molecular weight excluding hydrogens is 228 g/mol. The van der Waals surface area contributed by atoms with Crippen LogP contribution in [0.4, 0.5) is 0 Å². The van der Waals surface area contributed by atoms with Crippen molar-refractivity contribution in [2.75, 3.05) is 19.6 Å². The smallest absolute Gasteiger partial charge is 0.0481 e. The van der Waals surface area contributed by atoms with Gasteiger partial charge < -0.3 is 5.73 Å². The van der Waals surface area contributed by atoms with E-state index in [0.29, 0.717) is 6.04 Å². The lowest BCUT2D eigenvalue weighted by Gasteiger charge is -2.29. The van der Waals surface area contributed by atoms with Crippen molar-refractivity contribution < 1.29 is 0 Å². The van der Waals surface area contributed by atoms with E-state index < -0.39 is 0 Å². The number of thiophene rings is 1. The predicted molar refractivity (Wildman–Crippen MR) is 75.6 cm³/mol. The minimum Gasteiger partial charge on any atom is -0.329 e. The van der Waals surface area contributed by atoms with E-state index >= 15 is 0 Å². The summed E-state index contributed by atoms with van der Waals surface area (Å²) in [4.78, 5) is 5.45. The van der Waals surface area contributed by atoms with Gasteiger partial charge in [-0.15, -0.1) is 11.3 Å². The van der Waals surface area contributed by atoms with Gasteiger partial charge in [-0.3, -0.25) is 4.90 Å². The van der Waals surface area contributed by atoms with Crippen LogP contribution in [-0.4, -0.2) is 24.5 Å². The fourth-order valence-electron chi connectivity index (χ4n) is 2.86. The summed E-state index contributed by atoms with van der Waals surface area (Å²) >= 11 is 1.90. The largest absolute Gasteiger partial charge is 0.329 e. The van der Waals surface area contributed by atoms with Gasteiger partial charge in [-0.2, -0.15) is 0 Å². The van der Waals surface area contributed by atoms with Gasteiger partial charge in [-0.25, -0.2) is 0 Å². The van der Waals surface area contributed by atoms with Crippen LogP contribution in [-0.2, 0) is 0 Å². The van der Waals surface area contributed by atoms with Crippen molar-refractivity contribution in [1.29, 1.82) is 0 Å². The Balaban J connectivity index is 2.16. The van der Waals surface area contributed by atoms with Gasteiger partial charge in [-0.1, -0.05) is 12.8 Å². The molecule has 96 valence electrons. The topological polar surface area (TPSA) is 29.3 Å². The molecule has 1 aliphatic heterocycles. The molecule has 2 heterocycles. The fourth-order valence-corrected chi connectivity index (χ4v) is 3.84. The van der Waals surface area contributed by atoms with Crippen molar-refractivity contribution >= 4 is 11.3 Å². The van der Waals surface area contributed by atoms with Crippen molar-refractivity contribution in [2.45, 2.75) is 45.6 Å². The van der Waals surface area contributed by atoms with Gasteiger partial charge in [0.25, 0.3) is 0 Å². The van der Waals surface area contributed by atoms with E-state index in [1.807, 2.05) is 11.3 Å². The zero-order valence-corrected chi connectivity index (χ0v) is 11.9. The first-order chi connectivity index (χ1) is 8.22. The maximum Gasteiger partial charge on any atom is 0.0481 e. The minimum absolute atomic E-state index is 0.443. The molecule has 0 radical (unpaired) electrons. The van der Waals surface area contributed by atoms with E-state index in [4.69, 9.17) is 5.73 Å². The Hall–Kier alpha value is -0.380. The molecule has 17 heavy (non-hydrogen) atoms. The maximum absolute atomic E-state index is 6.03.